The molecule has 6 rings (SSSR count). The minimum Gasteiger partial charge on any atom is -0.460 e. The Morgan fingerprint density at radius 1 is 0.979 bits per heavy atom. The van der Waals surface area contributed by atoms with E-state index in [0.29, 0.717) is 37.8 Å². The Morgan fingerprint density at radius 2 is 1.74 bits per heavy atom. The molecule has 3 heterocycles. The number of fused-ring (bicyclic) bond motifs is 1. The van der Waals surface area contributed by atoms with Crippen LogP contribution in [0, 0.1) is 11.7 Å². The first-order valence-electron chi connectivity index (χ1n) is 16.6. The predicted molar refractivity (Wildman–Crippen MR) is 179 cm³/mol. The second-order valence-electron chi connectivity index (χ2n) is 13.8. The summed E-state index contributed by atoms with van der Waals surface area (Å²) in [6.07, 6.45) is 4.81. The van der Waals surface area contributed by atoms with Crippen LogP contribution >= 0.6 is 0 Å². The van der Waals surface area contributed by atoms with Crippen molar-refractivity contribution in [2.75, 3.05) is 26.3 Å². The van der Waals surface area contributed by atoms with Crippen LogP contribution in [0.1, 0.15) is 70.9 Å². The van der Waals surface area contributed by atoms with Crippen molar-refractivity contribution in [1.82, 2.24) is 19.0 Å². The molecule has 10 heteroatoms. The van der Waals surface area contributed by atoms with Crippen LogP contribution in [0.15, 0.2) is 70.4 Å². The van der Waals surface area contributed by atoms with Crippen molar-refractivity contribution >= 4 is 17.0 Å². The Morgan fingerprint density at radius 3 is 2.49 bits per heavy atom. The molecule has 1 aliphatic heterocycles. The van der Waals surface area contributed by atoms with E-state index in [0.717, 1.165) is 62.7 Å². The zero-order valence-electron chi connectivity index (χ0n) is 27.4. The molecule has 0 amide bonds. The summed E-state index contributed by atoms with van der Waals surface area (Å²) in [5.41, 5.74) is 2.15. The average Bonchev–Trinajstić information content (AvgIpc) is 3.30. The Kier molecular flexibility index (Phi) is 9.70. The molecule has 0 bridgehead atoms. The first-order chi connectivity index (χ1) is 22.6. The largest absolute Gasteiger partial charge is 0.460 e. The van der Waals surface area contributed by atoms with Gasteiger partial charge in [-0.1, -0.05) is 36.4 Å². The van der Waals surface area contributed by atoms with E-state index in [2.05, 4.69) is 34.1 Å². The summed E-state index contributed by atoms with van der Waals surface area (Å²) in [7, 11) is 0. The molecule has 1 saturated heterocycles. The maximum atomic E-state index is 14.5. The van der Waals surface area contributed by atoms with E-state index in [-0.39, 0.29) is 29.0 Å². The van der Waals surface area contributed by atoms with Gasteiger partial charge in [0.05, 0.1) is 23.9 Å². The third kappa shape index (κ3) is 7.71. The highest BCUT2D eigenvalue weighted by Gasteiger charge is 2.29. The number of hydrogen-bond acceptors (Lipinski definition) is 7. The van der Waals surface area contributed by atoms with E-state index in [1.165, 1.54) is 14.7 Å². The smallest absolute Gasteiger partial charge is 0.337 e. The van der Waals surface area contributed by atoms with Gasteiger partial charge >= 0.3 is 11.7 Å². The fourth-order valence-corrected chi connectivity index (χ4v) is 6.80. The lowest BCUT2D eigenvalue weighted by atomic mass is 9.84. The van der Waals surface area contributed by atoms with E-state index >= 15 is 0 Å². The molecular weight excluding hydrogens is 599 g/mol. The minimum atomic E-state index is -0.644. The van der Waals surface area contributed by atoms with Crippen molar-refractivity contribution in [2.45, 2.75) is 77.5 Å². The zero-order valence-corrected chi connectivity index (χ0v) is 27.4. The van der Waals surface area contributed by atoms with Crippen molar-refractivity contribution in [3.05, 3.63) is 93.0 Å². The zero-order chi connectivity index (χ0) is 33.1. The number of pyridine rings is 1. The maximum Gasteiger partial charge on any atom is 0.337 e. The number of rotatable bonds is 7. The summed E-state index contributed by atoms with van der Waals surface area (Å²) in [6, 6.07) is 16.7. The van der Waals surface area contributed by atoms with Gasteiger partial charge in [-0.25, -0.2) is 18.7 Å². The van der Waals surface area contributed by atoms with Crippen molar-refractivity contribution < 1.29 is 18.7 Å². The predicted octanol–water partition coefficient (Wildman–Crippen LogP) is 6.04. The van der Waals surface area contributed by atoms with E-state index in [4.69, 9.17) is 9.47 Å². The topological polar surface area (TPSA) is 95.7 Å². The molecule has 9 nitrogen and oxygen atoms in total. The van der Waals surface area contributed by atoms with Gasteiger partial charge in [0.15, 0.2) is 5.65 Å². The summed E-state index contributed by atoms with van der Waals surface area (Å²) < 4.78 is 28.2. The highest BCUT2D eigenvalue weighted by Crippen LogP contribution is 2.34. The Balaban J connectivity index is 1.29. The van der Waals surface area contributed by atoms with Gasteiger partial charge in [0.1, 0.15) is 11.4 Å². The summed E-state index contributed by atoms with van der Waals surface area (Å²) in [5.74, 6) is -0.774. The number of aromatic nitrogens is 3. The van der Waals surface area contributed by atoms with Crippen LogP contribution in [0.2, 0.25) is 0 Å². The van der Waals surface area contributed by atoms with Crippen LogP contribution in [-0.2, 0) is 20.8 Å². The lowest BCUT2D eigenvalue weighted by molar-refractivity contribution is -0.156. The van der Waals surface area contributed by atoms with Crippen molar-refractivity contribution in [3.8, 4) is 16.8 Å². The molecule has 2 aromatic heterocycles. The molecule has 2 aromatic carbocycles. The van der Waals surface area contributed by atoms with Gasteiger partial charge in [-0.05, 0) is 93.7 Å². The van der Waals surface area contributed by atoms with Crippen LogP contribution in [0.5, 0.6) is 0 Å². The van der Waals surface area contributed by atoms with Crippen LogP contribution in [0.4, 0.5) is 4.39 Å². The van der Waals surface area contributed by atoms with E-state index in [9.17, 15) is 18.8 Å². The molecule has 1 saturated carbocycles. The van der Waals surface area contributed by atoms with Crippen LogP contribution in [-0.4, -0.2) is 56.9 Å². The molecule has 0 radical (unpaired) electrons. The second kappa shape index (κ2) is 13.9. The van der Waals surface area contributed by atoms with Crippen molar-refractivity contribution in [1.29, 1.82) is 0 Å². The molecule has 248 valence electrons. The number of nitrogens with zero attached hydrogens (tertiary/aromatic N) is 4. The number of carbonyl (C=O) groups excluding carboxylic acids is 1. The number of carbonyl (C=O) groups is 1. The monoisotopic (exact) mass is 642 g/mol. The fourth-order valence-electron chi connectivity index (χ4n) is 6.80. The highest BCUT2D eigenvalue weighted by atomic mass is 19.1. The number of ether oxygens (including phenoxy) is 2. The van der Waals surface area contributed by atoms with Gasteiger partial charge in [-0.15, -0.1) is 0 Å². The molecule has 0 atom stereocenters. The Hall–Kier alpha value is -4.15. The summed E-state index contributed by atoms with van der Waals surface area (Å²) >= 11 is 0. The van der Waals surface area contributed by atoms with Gasteiger partial charge in [0.25, 0.3) is 5.56 Å². The SMILES string of the molecule is CC(C)(C)OC(=O)CC1CCC(n2c(=O)c3cc(F)cnc3n(-c3cccc(-c4ccc(CN5CCCOCC5)cc4)c3)c2=O)CC1. The van der Waals surface area contributed by atoms with E-state index < -0.39 is 22.7 Å². The Bertz CT molecular complexity index is 1840. The molecule has 4 aromatic rings. The number of esters is 1. The van der Waals surface area contributed by atoms with Gasteiger partial charge < -0.3 is 9.47 Å². The molecular formula is C37H43FN4O5. The number of benzene rings is 2. The first-order valence-corrected chi connectivity index (χ1v) is 16.6. The summed E-state index contributed by atoms with van der Waals surface area (Å²) in [6.45, 7) is 9.88. The van der Waals surface area contributed by atoms with E-state index in [1.54, 1.807) is 6.07 Å². The minimum absolute atomic E-state index is 0.0501. The molecule has 1 aliphatic carbocycles. The number of hydrogen-bond donors (Lipinski definition) is 0. The van der Waals surface area contributed by atoms with Gasteiger partial charge in [0.2, 0.25) is 0 Å². The molecule has 0 N–H and O–H groups in total. The van der Waals surface area contributed by atoms with E-state index in [1.807, 2.05) is 39.0 Å². The summed E-state index contributed by atoms with van der Waals surface area (Å²) in [5, 5.41) is 0.0501. The van der Waals surface area contributed by atoms with Crippen molar-refractivity contribution in [2.24, 2.45) is 5.92 Å². The quantitative estimate of drug-likeness (QED) is 0.227. The second-order valence-corrected chi connectivity index (χ2v) is 13.8. The molecule has 0 spiro atoms. The van der Waals surface area contributed by atoms with Crippen LogP contribution in [0.25, 0.3) is 27.8 Å². The highest BCUT2D eigenvalue weighted by molar-refractivity contribution is 5.76. The maximum absolute atomic E-state index is 14.5. The van der Waals surface area contributed by atoms with Gasteiger partial charge in [0, 0.05) is 38.7 Å². The lowest BCUT2D eigenvalue weighted by Crippen LogP contribution is -2.43. The van der Waals surface area contributed by atoms with Gasteiger partial charge in [-0.2, -0.15) is 0 Å². The summed E-state index contributed by atoms with van der Waals surface area (Å²) in [4.78, 5) is 47.0. The lowest BCUT2D eigenvalue weighted by Gasteiger charge is -2.30. The third-order valence-corrected chi connectivity index (χ3v) is 9.06. The fraction of sp³-hybridized carbons (Fsp3) is 0.459. The van der Waals surface area contributed by atoms with Gasteiger partial charge in [-0.3, -0.25) is 19.1 Å². The average molecular weight is 643 g/mol. The molecule has 2 aliphatic rings. The third-order valence-electron chi connectivity index (χ3n) is 9.06. The molecule has 0 unspecified atom stereocenters. The van der Waals surface area contributed by atoms with Crippen molar-refractivity contribution in [3.63, 3.8) is 0 Å². The van der Waals surface area contributed by atoms with Crippen LogP contribution in [0.3, 0.4) is 0 Å². The first kappa shape index (κ1) is 32.8. The Labute approximate surface area is 274 Å². The number of halogens is 1. The normalized spacial score (nSPS) is 19.4. The molecule has 2 fully saturated rings. The van der Waals surface area contributed by atoms with Crippen LogP contribution < -0.4 is 11.2 Å². The molecule has 47 heavy (non-hydrogen) atoms. The standard InChI is InChI=1S/C37H43FN4O5/c1-37(2,3)47-33(43)20-25-10-14-30(15-11-25)42-35(44)32-22-29(38)23-39-34(32)41(36(42)45)31-7-4-6-28(21-31)27-12-8-26(9-13-27)24-40-16-5-18-46-19-17-40/h4,6-9,12-13,21-23,25,30H,5,10-11,14-20,24H2,1-3H3.